The van der Waals surface area contributed by atoms with E-state index in [1.165, 1.54) is 12.8 Å². The van der Waals surface area contributed by atoms with Crippen LogP contribution >= 0.6 is 12.2 Å². The summed E-state index contributed by atoms with van der Waals surface area (Å²) < 4.78 is 0. The van der Waals surface area contributed by atoms with Crippen LogP contribution in [0.2, 0.25) is 0 Å². The Bertz CT molecular complexity index is 231. The molecular weight excluding hydrogens is 232 g/mol. The summed E-state index contributed by atoms with van der Waals surface area (Å²) in [7, 11) is 0. The SMILES string of the molecule is CCCCCN(CCC(N)=S)C(=O)CCCC. The highest BCUT2D eigenvalue weighted by atomic mass is 32.1. The summed E-state index contributed by atoms with van der Waals surface area (Å²) in [6.45, 7) is 5.79. The van der Waals surface area contributed by atoms with Crippen LogP contribution in [-0.2, 0) is 4.79 Å². The van der Waals surface area contributed by atoms with Gasteiger partial charge in [-0.3, -0.25) is 4.79 Å². The molecule has 0 atom stereocenters. The highest BCUT2D eigenvalue weighted by Crippen LogP contribution is 2.05. The largest absolute Gasteiger partial charge is 0.393 e. The van der Waals surface area contributed by atoms with Crippen molar-refractivity contribution >= 4 is 23.1 Å². The van der Waals surface area contributed by atoms with Gasteiger partial charge >= 0.3 is 0 Å². The molecule has 0 unspecified atom stereocenters. The first kappa shape index (κ1) is 16.4. The van der Waals surface area contributed by atoms with Gasteiger partial charge in [-0.05, 0) is 12.8 Å². The summed E-state index contributed by atoms with van der Waals surface area (Å²) in [5.74, 6) is 0.249. The Hall–Kier alpha value is -0.640. The van der Waals surface area contributed by atoms with Gasteiger partial charge < -0.3 is 10.6 Å². The van der Waals surface area contributed by atoms with Crippen molar-refractivity contribution in [2.24, 2.45) is 5.73 Å². The normalized spacial score (nSPS) is 10.2. The minimum atomic E-state index is 0.249. The quantitative estimate of drug-likeness (QED) is 0.484. The minimum absolute atomic E-state index is 0.249. The van der Waals surface area contributed by atoms with Gasteiger partial charge in [0, 0.05) is 25.9 Å². The van der Waals surface area contributed by atoms with Crippen molar-refractivity contribution in [1.82, 2.24) is 4.90 Å². The Labute approximate surface area is 111 Å². The van der Waals surface area contributed by atoms with E-state index in [1.807, 2.05) is 4.90 Å². The first-order valence-corrected chi connectivity index (χ1v) is 7.08. The van der Waals surface area contributed by atoms with Gasteiger partial charge in [0.1, 0.15) is 0 Å². The number of rotatable bonds is 10. The van der Waals surface area contributed by atoms with Crippen molar-refractivity contribution in [3.8, 4) is 0 Å². The second kappa shape index (κ2) is 10.5. The molecule has 0 aromatic heterocycles. The third-order valence-corrected chi connectivity index (χ3v) is 2.96. The van der Waals surface area contributed by atoms with Gasteiger partial charge in [-0.2, -0.15) is 0 Å². The molecule has 0 saturated heterocycles. The molecule has 0 heterocycles. The lowest BCUT2D eigenvalue weighted by atomic mass is 10.2. The van der Waals surface area contributed by atoms with Crippen LogP contribution in [0.4, 0.5) is 0 Å². The molecule has 0 aliphatic heterocycles. The molecule has 0 aliphatic rings. The van der Waals surface area contributed by atoms with Gasteiger partial charge in [-0.1, -0.05) is 45.3 Å². The Morgan fingerprint density at radius 3 is 2.24 bits per heavy atom. The van der Waals surface area contributed by atoms with E-state index in [4.69, 9.17) is 18.0 Å². The van der Waals surface area contributed by atoms with Crippen molar-refractivity contribution in [2.75, 3.05) is 13.1 Å². The summed E-state index contributed by atoms with van der Waals surface area (Å²) in [5, 5.41) is 0. The smallest absolute Gasteiger partial charge is 0.222 e. The fraction of sp³-hybridized carbons (Fsp3) is 0.846. The lowest BCUT2D eigenvalue weighted by Gasteiger charge is -2.22. The number of hydrogen-bond acceptors (Lipinski definition) is 2. The molecule has 4 heteroatoms. The molecule has 0 bridgehead atoms. The molecule has 0 rings (SSSR count). The predicted octanol–water partition coefficient (Wildman–Crippen LogP) is 2.87. The average Bonchev–Trinajstić information content (AvgIpc) is 2.30. The summed E-state index contributed by atoms with van der Waals surface area (Å²) in [4.78, 5) is 14.4. The monoisotopic (exact) mass is 258 g/mol. The second-order valence-corrected chi connectivity index (χ2v) is 4.93. The maximum atomic E-state index is 12.0. The van der Waals surface area contributed by atoms with Gasteiger partial charge in [0.2, 0.25) is 5.91 Å². The lowest BCUT2D eigenvalue weighted by molar-refractivity contribution is -0.131. The molecule has 0 saturated carbocycles. The number of nitrogens with two attached hydrogens (primary N) is 1. The van der Waals surface area contributed by atoms with Crippen LogP contribution in [0.5, 0.6) is 0 Å². The predicted molar refractivity (Wildman–Crippen MR) is 77.0 cm³/mol. The van der Waals surface area contributed by atoms with Crippen LogP contribution in [0, 0.1) is 0 Å². The first-order valence-electron chi connectivity index (χ1n) is 6.67. The fourth-order valence-electron chi connectivity index (χ4n) is 1.65. The van der Waals surface area contributed by atoms with E-state index < -0.39 is 0 Å². The Morgan fingerprint density at radius 1 is 1.06 bits per heavy atom. The van der Waals surface area contributed by atoms with Crippen LogP contribution in [0.3, 0.4) is 0 Å². The van der Waals surface area contributed by atoms with Gasteiger partial charge in [0.15, 0.2) is 0 Å². The van der Waals surface area contributed by atoms with E-state index in [0.29, 0.717) is 24.4 Å². The number of carbonyl (C=O) groups excluding carboxylic acids is 1. The van der Waals surface area contributed by atoms with Gasteiger partial charge in [-0.25, -0.2) is 0 Å². The molecule has 17 heavy (non-hydrogen) atoms. The van der Waals surface area contributed by atoms with Crippen LogP contribution in [0.25, 0.3) is 0 Å². The standard InChI is InChI=1S/C13H26N2OS/c1-3-5-7-10-15(11-9-12(14)17)13(16)8-6-4-2/h3-11H2,1-2H3,(H2,14,17). The van der Waals surface area contributed by atoms with Crippen molar-refractivity contribution in [2.45, 2.75) is 58.8 Å². The third kappa shape index (κ3) is 9.10. The van der Waals surface area contributed by atoms with E-state index in [-0.39, 0.29) is 5.91 Å². The molecule has 0 radical (unpaired) electrons. The van der Waals surface area contributed by atoms with Gasteiger partial charge in [0.05, 0.1) is 4.99 Å². The molecule has 0 aromatic carbocycles. The number of carbonyl (C=O) groups is 1. The summed E-state index contributed by atoms with van der Waals surface area (Å²) >= 11 is 4.86. The molecule has 100 valence electrons. The minimum Gasteiger partial charge on any atom is -0.393 e. The number of amides is 1. The molecule has 0 spiro atoms. The molecule has 0 aromatic rings. The Balaban J connectivity index is 4.07. The number of unbranched alkanes of at least 4 members (excludes halogenated alkanes) is 3. The van der Waals surface area contributed by atoms with Crippen LogP contribution in [0.15, 0.2) is 0 Å². The number of nitrogens with zero attached hydrogens (tertiary/aromatic N) is 1. The van der Waals surface area contributed by atoms with E-state index in [2.05, 4.69) is 13.8 Å². The highest BCUT2D eigenvalue weighted by Gasteiger charge is 2.12. The third-order valence-electron chi connectivity index (χ3n) is 2.76. The van der Waals surface area contributed by atoms with E-state index in [1.54, 1.807) is 0 Å². The molecule has 3 nitrogen and oxygen atoms in total. The van der Waals surface area contributed by atoms with Crippen LogP contribution in [0.1, 0.15) is 58.8 Å². The summed E-state index contributed by atoms with van der Waals surface area (Å²) in [6, 6.07) is 0. The number of thiocarbonyl (C=S) groups is 1. The average molecular weight is 258 g/mol. The van der Waals surface area contributed by atoms with E-state index >= 15 is 0 Å². The van der Waals surface area contributed by atoms with Gasteiger partial charge in [-0.15, -0.1) is 0 Å². The molecule has 1 amide bonds. The zero-order valence-electron chi connectivity index (χ0n) is 11.2. The fourth-order valence-corrected chi connectivity index (χ4v) is 1.74. The van der Waals surface area contributed by atoms with Crippen molar-refractivity contribution < 1.29 is 4.79 Å². The van der Waals surface area contributed by atoms with Crippen LogP contribution < -0.4 is 5.73 Å². The van der Waals surface area contributed by atoms with Gasteiger partial charge in [0.25, 0.3) is 0 Å². The zero-order chi connectivity index (χ0) is 13.1. The summed E-state index contributed by atoms with van der Waals surface area (Å²) in [5.41, 5.74) is 5.49. The highest BCUT2D eigenvalue weighted by molar-refractivity contribution is 7.80. The molecule has 0 aliphatic carbocycles. The first-order chi connectivity index (χ1) is 8.11. The van der Waals surface area contributed by atoms with Crippen molar-refractivity contribution in [1.29, 1.82) is 0 Å². The second-order valence-electron chi connectivity index (χ2n) is 4.41. The Kier molecular flexibility index (Phi) is 10.1. The topological polar surface area (TPSA) is 46.3 Å². The number of hydrogen-bond donors (Lipinski definition) is 1. The molecular formula is C13H26N2OS. The zero-order valence-corrected chi connectivity index (χ0v) is 12.0. The molecule has 0 fully saturated rings. The molecule has 2 N–H and O–H groups in total. The van der Waals surface area contributed by atoms with E-state index in [9.17, 15) is 4.79 Å². The maximum Gasteiger partial charge on any atom is 0.222 e. The maximum absolute atomic E-state index is 12.0. The van der Waals surface area contributed by atoms with Crippen molar-refractivity contribution in [3.05, 3.63) is 0 Å². The Morgan fingerprint density at radius 2 is 1.71 bits per heavy atom. The summed E-state index contributed by atoms with van der Waals surface area (Å²) in [6.07, 6.45) is 6.74. The lowest BCUT2D eigenvalue weighted by Crippen LogP contribution is -2.34. The van der Waals surface area contributed by atoms with Crippen LogP contribution in [-0.4, -0.2) is 28.9 Å². The van der Waals surface area contributed by atoms with E-state index in [0.717, 1.165) is 25.8 Å². The van der Waals surface area contributed by atoms with Crippen molar-refractivity contribution in [3.63, 3.8) is 0 Å².